The van der Waals surface area contributed by atoms with Crippen molar-refractivity contribution in [3.8, 4) is 0 Å². The van der Waals surface area contributed by atoms with Gasteiger partial charge in [-0.25, -0.2) is 0 Å². The van der Waals surface area contributed by atoms with Crippen molar-refractivity contribution in [1.29, 1.82) is 0 Å². The number of halogens is 1. The zero-order valence-corrected chi connectivity index (χ0v) is 16.8. The van der Waals surface area contributed by atoms with Crippen LogP contribution in [0.15, 0.2) is 28.8 Å². The number of imide groups is 1. The molecule has 1 heterocycles. The van der Waals surface area contributed by atoms with Crippen molar-refractivity contribution in [2.45, 2.75) is 20.3 Å². The molecule has 140 valence electrons. The van der Waals surface area contributed by atoms with Gasteiger partial charge < -0.3 is 5.32 Å². The summed E-state index contributed by atoms with van der Waals surface area (Å²) in [5, 5.41) is 2.86. The average Bonchev–Trinajstić information content (AvgIpc) is 3.43. The quantitative estimate of drug-likeness (QED) is 0.594. The van der Waals surface area contributed by atoms with Gasteiger partial charge in [0.25, 0.3) is 0 Å². The fourth-order valence-electron chi connectivity index (χ4n) is 5.43. The molecule has 5 aliphatic rings. The van der Waals surface area contributed by atoms with E-state index in [1.54, 1.807) is 0 Å². The Morgan fingerprint density at radius 2 is 1.67 bits per heavy atom. The topological polar surface area (TPSA) is 66.5 Å². The summed E-state index contributed by atoms with van der Waals surface area (Å²) in [5.41, 5.74) is 2.72. The van der Waals surface area contributed by atoms with Crippen molar-refractivity contribution in [3.63, 3.8) is 0 Å². The SMILES string of the molecule is Cc1c(Br)ccc(NC(=O)CN2C(=O)[C@H]3[C@@H]4C=C[C@@H]([C@H]5C[C@H]45)[C@@H]3C2=O)c1C. The normalized spacial score (nSPS) is 35.3. The number of anilines is 1. The monoisotopic (exact) mass is 428 g/mol. The summed E-state index contributed by atoms with van der Waals surface area (Å²) in [4.78, 5) is 39.7. The van der Waals surface area contributed by atoms with Crippen LogP contribution in [0.4, 0.5) is 5.69 Å². The molecule has 2 bridgehead atoms. The molecule has 5 nitrogen and oxygen atoms in total. The third-order valence-electron chi connectivity index (χ3n) is 7.05. The molecule has 1 aromatic rings. The highest BCUT2D eigenvalue weighted by Gasteiger charge is 2.67. The fourth-order valence-corrected chi connectivity index (χ4v) is 5.86. The van der Waals surface area contributed by atoms with E-state index in [0.717, 1.165) is 22.0 Å². The van der Waals surface area contributed by atoms with E-state index in [4.69, 9.17) is 0 Å². The van der Waals surface area contributed by atoms with E-state index in [0.29, 0.717) is 17.5 Å². The lowest BCUT2D eigenvalue weighted by atomic mass is 9.63. The molecule has 27 heavy (non-hydrogen) atoms. The number of hydrogen-bond acceptors (Lipinski definition) is 3. The minimum Gasteiger partial charge on any atom is -0.324 e. The van der Waals surface area contributed by atoms with Crippen LogP contribution in [-0.4, -0.2) is 29.2 Å². The van der Waals surface area contributed by atoms with Crippen molar-refractivity contribution in [1.82, 2.24) is 4.90 Å². The summed E-state index contributed by atoms with van der Waals surface area (Å²) in [7, 11) is 0. The van der Waals surface area contributed by atoms with Crippen LogP contribution in [0.5, 0.6) is 0 Å². The lowest BCUT2D eigenvalue weighted by molar-refractivity contribution is -0.142. The Kier molecular flexibility index (Phi) is 3.67. The summed E-state index contributed by atoms with van der Waals surface area (Å²) in [5.74, 6) is 0.367. The van der Waals surface area contributed by atoms with Crippen LogP contribution < -0.4 is 5.32 Å². The van der Waals surface area contributed by atoms with Crippen LogP contribution in [0.2, 0.25) is 0 Å². The van der Waals surface area contributed by atoms with E-state index in [-0.39, 0.29) is 47.9 Å². The average molecular weight is 429 g/mol. The van der Waals surface area contributed by atoms with E-state index >= 15 is 0 Å². The van der Waals surface area contributed by atoms with Gasteiger partial charge >= 0.3 is 0 Å². The van der Waals surface area contributed by atoms with Gasteiger partial charge in [-0.1, -0.05) is 28.1 Å². The Hall–Kier alpha value is -1.95. The van der Waals surface area contributed by atoms with Crippen LogP contribution in [0.25, 0.3) is 0 Å². The third-order valence-corrected chi connectivity index (χ3v) is 7.91. The number of carbonyl (C=O) groups is 3. The van der Waals surface area contributed by atoms with E-state index in [9.17, 15) is 14.4 Å². The maximum atomic E-state index is 12.9. The summed E-state index contributed by atoms with van der Waals surface area (Å²) in [6, 6.07) is 3.71. The summed E-state index contributed by atoms with van der Waals surface area (Å²) in [6.07, 6.45) is 5.42. The zero-order chi connectivity index (χ0) is 19.0. The number of carbonyl (C=O) groups excluding carboxylic acids is 3. The first-order chi connectivity index (χ1) is 12.9. The number of benzene rings is 1. The fraction of sp³-hybridized carbons (Fsp3) is 0.476. The summed E-state index contributed by atoms with van der Waals surface area (Å²) in [6.45, 7) is 3.71. The highest BCUT2D eigenvalue weighted by molar-refractivity contribution is 9.10. The van der Waals surface area contributed by atoms with E-state index in [1.807, 2.05) is 26.0 Å². The molecule has 6 atom stereocenters. The van der Waals surface area contributed by atoms with Crippen molar-refractivity contribution in [2.75, 3.05) is 11.9 Å². The maximum Gasteiger partial charge on any atom is 0.244 e. The molecular weight excluding hydrogens is 408 g/mol. The van der Waals surface area contributed by atoms with Gasteiger partial charge in [0, 0.05) is 10.2 Å². The molecule has 0 aromatic heterocycles. The highest BCUT2D eigenvalue weighted by atomic mass is 79.9. The molecule has 6 heteroatoms. The van der Waals surface area contributed by atoms with Crippen molar-refractivity contribution < 1.29 is 14.4 Å². The van der Waals surface area contributed by atoms with Gasteiger partial charge in [-0.2, -0.15) is 0 Å². The lowest BCUT2D eigenvalue weighted by Crippen LogP contribution is -2.40. The number of nitrogens with zero attached hydrogens (tertiary/aromatic N) is 1. The molecular formula is C21H21BrN2O3. The van der Waals surface area contributed by atoms with Crippen molar-refractivity contribution in [3.05, 3.63) is 39.9 Å². The molecule has 2 saturated carbocycles. The van der Waals surface area contributed by atoms with E-state index < -0.39 is 0 Å². The van der Waals surface area contributed by atoms with E-state index in [2.05, 4.69) is 33.4 Å². The Balaban J connectivity index is 1.33. The molecule has 0 spiro atoms. The second-order valence-corrected chi connectivity index (χ2v) is 9.16. The minimum atomic E-state index is -0.328. The Morgan fingerprint density at radius 1 is 1.07 bits per heavy atom. The second kappa shape index (κ2) is 5.77. The maximum absolute atomic E-state index is 12.9. The number of hydrogen-bond donors (Lipinski definition) is 1. The van der Waals surface area contributed by atoms with Crippen LogP contribution >= 0.6 is 15.9 Å². The molecule has 1 aliphatic heterocycles. The Labute approximate surface area is 166 Å². The molecule has 3 fully saturated rings. The predicted octanol–water partition coefficient (Wildman–Crippen LogP) is 3.06. The number of nitrogens with one attached hydrogen (secondary N) is 1. The largest absolute Gasteiger partial charge is 0.324 e. The zero-order valence-electron chi connectivity index (χ0n) is 15.2. The molecule has 4 aliphatic carbocycles. The minimum absolute atomic E-state index is 0.159. The van der Waals surface area contributed by atoms with Crippen LogP contribution in [0.3, 0.4) is 0 Å². The number of rotatable bonds is 3. The van der Waals surface area contributed by atoms with Gasteiger partial charge in [-0.05, 0) is 67.2 Å². The number of allylic oxidation sites excluding steroid dienone is 2. The van der Waals surface area contributed by atoms with Gasteiger partial charge in [-0.3, -0.25) is 19.3 Å². The smallest absolute Gasteiger partial charge is 0.244 e. The molecule has 1 N–H and O–H groups in total. The van der Waals surface area contributed by atoms with Crippen LogP contribution in [0.1, 0.15) is 17.5 Å². The van der Waals surface area contributed by atoms with E-state index in [1.165, 1.54) is 4.90 Å². The van der Waals surface area contributed by atoms with Crippen LogP contribution in [-0.2, 0) is 14.4 Å². The van der Waals surface area contributed by atoms with Gasteiger partial charge in [-0.15, -0.1) is 0 Å². The summed E-state index contributed by atoms with van der Waals surface area (Å²) < 4.78 is 0.980. The van der Waals surface area contributed by atoms with Crippen LogP contribution in [0, 0.1) is 49.4 Å². The number of amides is 3. The van der Waals surface area contributed by atoms with Gasteiger partial charge in [0.15, 0.2) is 0 Å². The Morgan fingerprint density at radius 3 is 2.26 bits per heavy atom. The molecule has 0 unspecified atom stereocenters. The predicted molar refractivity (Wildman–Crippen MR) is 104 cm³/mol. The van der Waals surface area contributed by atoms with Crippen molar-refractivity contribution >= 4 is 39.3 Å². The first-order valence-corrected chi connectivity index (χ1v) is 10.3. The molecule has 6 rings (SSSR count). The lowest BCUT2D eigenvalue weighted by Gasteiger charge is -2.37. The molecule has 1 aromatic carbocycles. The van der Waals surface area contributed by atoms with Crippen molar-refractivity contribution in [2.24, 2.45) is 35.5 Å². The third kappa shape index (κ3) is 2.38. The molecule has 1 saturated heterocycles. The van der Waals surface area contributed by atoms with Gasteiger partial charge in [0.05, 0.1) is 11.8 Å². The Bertz CT molecular complexity index is 888. The first kappa shape index (κ1) is 17.2. The second-order valence-electron chi connectivity index (χ2n) is 8.31. The van der Waals surface area contributed by atoms with Gasteiger partial charge in [0.1, 0.15) is 6.54 Å². The highest BCUT2D eigenvalue weighted by Crippen LogP contribution is 2.65. The number of likely N-dealkylation sites (tertiary alicyclic amines) is 1. The molecule has 3 amide bonds. The summed E-state index contributed by atoms with van der Waals surface area (Å²) >= 11 is 3.48. The first-order valence-electron chi connectivity index (χ1n) is 9.47. The standard InChI is InChI=1S/C21H21BrN2O3/c1-9-10(2)16(6-5-15(9)22)23-17(25)8-24-20(26)18-11-3-4-12(14-7-13(11)14)19(18)21(24)27/h3-6,11-14,18-19H,7-8H2,1-2H3,(H,23,25)/t11-,12+,13-,14-,18+,19+/m1/s1. The van der Waals surface area contributed by atoms with Gasteiger partial charge in [0.2, 0.25) is 17.7 Å². The molecule has 0 radical (unpaired) electrons.